The van der Waals surface area contributed by atoms with Crippen molar-refractivity contribution in [3.63, 3.8) is 0 Å². The van der Waals surface area contributed by atoms with Crippen LogP contribution >= 0.6 is 11.3 Å². The number of aryl methyl sites for hydroxylation is 1. The average Bonchev–Trinajstić information content (AvgIpc) is 2.78. The minimum Gasteiger partial charge on any atom is -0.348 e. The minimum atomic E-state index is 0.799. The topological polar surface area (TPSA) is 53.6 Å². The Kier molecular flexibility index (Phi) is 2.90. The van der Waals surface area contributed by atoms with Gasteiger partial charge in [-0.05, 0) is 6.92 Å². The molecule has 0 radical (unpaired) electrons. The third-order valence-electron chi connectivity index (χ3n) is 2.01. The molecule has 0 saturated heterocycles. The molecule has 0 unspecified atom stereocenters. The number of aromatic nitrogens is 3. The van der Waals surface area contributed by atoms with Crippen LogP contribution in [0.3, 0.4) is 0 Å². The van der Waals surface area contributed by atoms with E-state index in [1.165, 1.54) is 4.88 Å². The van der Waals surface area contributed by atoms with E-state index in [0.29, 0.717) is 0 Å². The van der Waals surface area contributed by atoms with Crippen LogP contribution in [0, 0.1) is 6.92 Å². The van der Waals surface area contributed by atoms with Gasteiger partial charge in [0, 0.05) is 29.9 Å². The number of nitrogens with one attached hydrogen (secondary N) is 2. The molecule has 0 fully saturated rings. The molecule has 2 heterocycles. The Bertz CT molecular complexity index is 379. The number of H-pyrrole nitrogens is 1. The lowest BCUT2D eigenvalue weighted by atomic mass is 10.3. The van der Waals surface area contributed by atoms with Crippen molar-refractivity contribution in [2.24, 2.45) is 0 Å². The highest BCUT2D eigenvalue weighted by atomic mass is 32.1. The van der Waals surface area contributed by atoms with Crippen molar-refractivity contribution in [1.29, 1.82) is 0 Å². The summed E-state index contributed by atoms with van der Waals surface area (Å²) in [6.45, 7) is 3.68. The van der Waals surface area contributed by atoms with Gasteiger partial charge in [0.05, 0.1) is 17.5 Å². The van der Waals surface area contributed by atoms with Gasteiger partial charge in [-0.1, -0.05) is 0 Å². The molecule has 0 amide bonds. The van der Waals surface area contributed by atoms with Gasteiger partial charge in [0.15, 0.2) is 0 Å². The zero-order chi connectivity index (χ0) is 9.80. The third kappa shape index (κ3) is 2.18. The van der Waals surface area contributed by atoms with Crippen LogP contribution in [0.4, 0.5) is 0 Å². The monoisotopic (exact) mass is 208 g/mol. The van der Waals surface area contributed by atoms with E-state index in [9.17, 15) is 0 Å². The highest BCUT2D eigenvalue weighted by Crippen LogP contribution is 2.05. The number of rotatable bonds is 4. The first kappa shape index (κ1) is 9.36. The van der Waals surface area contributed by atoms with Crippen molar-refractivity contribution < 1.29 is 0 Å². The summed E-state index contributed by atoms with van der Waals surface area (Å²) in [5.74, 6) is 0. The van der Waals surface area contributed by atoms with Gasteiger partial charge in [-0.3, -0.25) is 4.98 Å². The smallest absolute Gasteiger partial charge is 0.0925 e. The van der Waals surface area contributed by atoms with Gasteiger partial charge in [-0.2, -0.15) is 0 Å². The van der Waals surface area contributed by atoms with Gasteiger partial charge < -0.3 is 10.3 Å². The number of aromatic amines is 1. The fourth-order valence-electron chi connectivity index (χ4n) is 1.20. The van der Waals surface area contributed by atoms with Crippen LogP contribution in [0.1, 0.15) is 16.3 Å². The average molecular weight is 208 g/mol. The van der Waals surface area contributed by atoms with Crippen LogP contribution in [-0.2, 0) is 13.1 Å². The van der Waals surface area contributed by atoms with Gasteiger partial charge in [0.25, 0.3) is 0 Å². The Balaban J connectivity index is 1.81. The Morgan fingerprint density at radius 1 is 1.50 bits per heavy atom. The summed E-state index contributed by atoms with van der Waals surface area (Å²) in [4.78, 5) is 12.5. The first-order valence-electron chi connectivity index (χ1n) is 4.43. The largest absolute Gasteiger partial charge is 0.348 e. The van der Waals surface area contributed by atoms with Gasteiger partial charge in [0.2, 0.25) is 0 Å². The molecule has 0 atom stereocenters. The summed E-state index contributed by atoms with van der Waals surface area (Å²) in [6.07, 6.45) is 3.61. The zero-order valence-corrected chi connectivity index (χ0v) is 8.77. The molecule has 0 saturated carbocycles. The fourth-order valence-corrected chi connectivity index (χ4v) is 1.76. The van der Waals surface area contributed by atoms with E-state index in [4.69, 9.17) is 0 Å². The van der Waals surface area contributed by atoms with Gasteiger partial charge in [-0.15, -0.1) is 11.3 Å². The Morgan fingerprint density at radius 2 is 2.43 bits per heavy atom. The van der Waals surface area contributed by atoms with Crippen molar-refractivity contribution in [2.45, 2.75) is 20.0 Å². The molecule has 0 aliphatic carbocycles. The lowest BCUT2D eigenvalue weighted by Gasteiger charge is -2.00. The predicted molar refractivity (Wildman–Crippen MR) is 56.0 cm³/mol. The van der Waals surface area contributed by atoms with Crippen LogP contribution in [0.25, 0.3) is 0 Å². The summed E-state index contributed by atoms with van der Waals surface area (Å²) in [7, 11) is 0. The first-order chi connectivity index (χ1) is 6.86. The minimum absolute atomic E-state index is 0.799. The Hall–Kier alpha value is -1.20. The quantitative estimate of drug-likeness (QED) is 0.800. The van der Waals surface area contributed by atoms with E-state index in [2.05, 4.69) is 20.3 Å². The summed E-state index contributed by atoms with van der Waals surface area (Å²) in [5.41, 5.74) is 4.05. The molecule has 5 heteroatoms. The molecule has 4 nitrogen and oxygen atoms in total. The van der Waals surface area contributed by atoms with E-state index in [1.807, 2.05) is 18.6 Å². The molecule has 0 aliphatic heterocycles. The second kappa shape index (κ2) is 4.34. The molecule has 2 rings (SSSR count). The number of nitrogens with zero attached hydrogens (tertiary/aromatic N) is 2. The molecule has 0 aromatic carbocycles. The Labute approximate surface area is 86.4 Å². The van der Waals surface area contributed by atoms with Gasteiger partial charge >= 0.3 is 0 Å². The molecule has 14 heavy (non-hydrogen) atoms. The highest BCUT2D eigenvalue weighted by molar-refractivity contribution is 7.09. The number of imidazole rings is 1. The van der Waals surface area contributed by atoms with Crippen LogP contribution in [0.2, 0.25) is 0 Å². The SMILES string of the molecule is Cc1[nH]cnc1CNCc1cncs1. The highest BCUT2D eigenvalue weighted by Gasteiger charge is 2.00. The van der Waals surface area contributed by atoms with Crippen molar-refractivity contribution in [3.8, 4) is 0 Å². The van der Waals surface area contributed by atoms with Crippen LogP contribution < -0.4 is 5.32 Å². The van der Waals surface area contributed by atoms with Gasteiger partial charge in [-0.25, -0.2) is 4.98 Å². The van der Waals surface area contributed by atoms with Crippen LogP contribution in [0.15, 0.2) is 18.0 Å². The normalized spacial score (nSPS) is 10.6. The summed E-state index contributed by atoms with van der Waals surface area (Å²) >= 11 is 1.66. The van der Waals surface area contributed by atoms with Crippen molar-refractivity contribution >= 4 is 11.3 Å². The second-order valence-corrected chi connectivity index (χ2v) is 4.02. The molecule has 74 valence electrons. The summed E-state index contributed by atoms with van der Waals surface area (Å²) in [6, 6.07) is 0. The second-order valence-electron chi connectivity index (χ2n) is 3.05. The van der Waals surface area contributed by atoms with E-state index in [0.717, 1.165) is 24.5 Å². The maximum Gasteiger partial charge on any atom is 0.0925 e. The predicted octanol–water partition coefficient (Wildman–Crippen LogP) is 1.46. The molecular formula is C9H12N4S. The molecule has 0 spiro atoms. The van der Waals surface area contributed by atoms with Crippen LogP contribution in [-0.4, -0.2) is 15.0 Å². The third-order valence-corrected chi connectivity index (χ3v) is 2.79. The van der Waals surface area contributed by atoms with Crippen molar-refractivity contribution in [2.75, 3.05) is 0 Å². The number of hydrogen-bond donors (Lipinski definition) is 2. The molecule has 2 aromatic rings. The molecule has 0 aliphatic rings. The molecule has 2 N–H and O–H groups in total. The standard InChI is InChI=1S/C9H12N4S/c1-7-9(13-5-12-7)4-10-2-8-3-11-6-14-8/h3,5-6,10H,2,4H2,1H3,(H,12,13). The van der Waals surface area contributed by atoms with E-state index in [-0.39, 0.29) is 0 Å². The summed E-state index contributed by atoms with van der Waals surface area (Å²) < 4.78 is 0. The van der Waals surface area contributed by atoms with Crippen LogP contribution in [0.5, 0.6) is 0 Å². The van der Waals surface area contributed by atoms with E-state index < -0.39 is 0 Å². The number of thiazole rings is 1. The first-order valence-corrected chi connectivity index (χ1v) is 5.31. The zero-order valence-electron chi connectivity index (χ0n) is 7.95. The molecule has 2 aromatic heterocycles. The molecule has 0 bridgehead atoms. The summed E-state index contributed by atoms with van der Waals surface area (Å²) in [5, 5.41) is 3.32. The maximum atomic E-state index is 4.20. The lowest BCUT2D eigenvalue weighted by Crippen LogP contribution is -2.12. The van der Waals surface area contributed by atoms with Gasteiger partial charge in [0.1, 0.15) is 0 Å². The fraction of sp³-hybridized carbons (Fsp3) is 0.333. The lowest BCUT2D eigenvalue weighted by molar-refractivity contribution is 0.685. The number of hydrogen-bond acceptors (Lipinski definition) is 4. The van der Waals surface area contributed by atoms with Crippen molar-refractivity contribution in [3.05, 3.63) is 34.3 Å². The maximum absolute atomic E-state index is 4.20. The molecular weight excluding hydrogens is 196 g/mol. The van der Waals surface area contributed by atoms with Crippen molar-refractivity contribution in [1.82, 2.24) is 20.3 Å². The van der Waals surface area contributed by atoms with E-state index in [1.54, 1.807) is 17.7 Å². The van der Waals surface area contributed by atoms with E-state index >= 15 is 0 Å². The Morgan fingerprint density at radius 3 is 3.07 bits per heavy atom.